The summed E-state index contributed by atoms with van der Waals surface area (Å²) in [6, 6.07) is 15.3. The number of rotatable bonds is 4. The standard InChI is InChI=1S/C16H14N2O/c1-2-19-15-8-6-13(7-9-15)11-14(12-17)16-5-3-4-10-18-16/h3-11H,2H2,1H3/b14-11+. The zero-order valence-corrected chi connectivity index (χ0v) is 10.7. The summed E-state index contributed by atoms with van der Waals surface area (Å²) in [4.78, 5) is 4.18. The predicted molar refractivity (Wildman–Crippen MR) is 75.3 cm³/mol. The van der Waals surface area contributed by atoms with Crippen molar-refractivity contribution in [2.75, 3.05) is 6.61 Å². The number of benzene rings is 1. The van der Waals surface area contributed by atoms with Crippen LogP contribution in [-0.4, -0.2) is 11.6 Å². The molecule has 0 radical (unpaired) electrons. The van der Waals surface area contributed by atoms with E-state index in [-0.39, 0.29) is 0 Å². The van der Waals surface area contributed by atoms with Crippen LogP contribution in [0.1, 0.15) is 18.2 Å². The quantitative estimate of drug-likeness (QED) is 0.779. The Morgan fingerprint density at radius 1 is 1.26 bits per heavy atom. The van der Waals surface area contributed by atoms with Crippen LogP contribution >= 0.6 is 0 Å². The molecular formula is C16H14N2O. The van der Waals surface area contributed by atoms with Gasteiger partial charge in [0.15, 0.2) is 0 Å². The maximum absolute atomic E-state index is 9.20. The number of hydrogen-bond donors (Lipinski definition) is 0. The Labute approximate surface area is 112 Å². The second kappa shape index (κ2) is 6.36. The Morgan fingerprint density at radius 3 is 2.63 bits per heavy atom. The van der Waals surface area contributed by atoms with Gasteiger partial charge in [0.25, 0.3) is 0 Å². The highest BCUT2D eigenvalue weighted by atomic mass is 16.5. The summed E-state index contributed by atoms with van der Waals surface area (Å²) in [6.07, 6.45) is 3.50. The largest absolute Gasteiger partial charge is 0.494 e. The molecule has 3 heteroatoms. The van der Waals surface area contributed by atoms with Gasteiger partial charge in [-0.05, 0) is 42.8 Å². The van der Waals surface area contributed by atoms with E-state index in [1.54, 1.807) is 6.20 Å². The minimum Gasteiger partial charge on any atom is -0.494 e. The molecule has 0 aliphatic rings. The fourth-order valence-corrected chi connectivity index (χ4v) is 1.68. The van der Waals surface area contributed by atoms with Gasteiger partial charge in [-0.15, -0.1) is 0 Å². The molecule has 1 heterocycles. The van der Waals surface area contributed by atoms with Crippen LogP contribution < -0.4 is 4.74 Å². The molecule has 19 heavy (non-hydrogen) atoms. The molecule has 2 rings (SSSR count). The Morgan fingerprint density at radius 2 is 2.05 bits per heavy atom. The summed E-state index contributed by atoms with van der Waals surface area (Å²) < 4.78 is 5.38. The number of pyridine rings is 1. The van der Waals surface area contributed by atoms with E-state index in [1.807, 2.05) is 55.5 Å². The predicted octanol–water partition coefficient (Wildman–Crippen LogP) is 3.54. The first-order chi connectivity index (χ1) is 9.33. The van der Waals surface area contributed by atoms with Crippen molar-refractivity contribution >= 4 is 11.6 Å². The second-order valence-electron chi connectivity index (χ2n) is 3.89. The van der Waals surface area contributed by atoms with Crippen LogP contribution in [0, 0.1) is 11.3 Å². The third-order valence-electron chi connectivity index (χ3n) is 2.56. The van der Waals surface area contributed by atoms with Crippen LogP contribution in [0.4, 0.5) is 0 Å². The lowest BCUT2D eigenvalue weighted by Gasteiger charge is -2.03. The molecule has 0 aliphatic heterocycles. The molecule has 0 fully saturated rings. The highest BCUT2D eigenvalue weighted by molar-refractivity contribution is 5.88. The Bertz CT molecular complexity index is 595. The van der Waals surface area contributed by atoms with E-state index in [1.165, 1.54) is 0 Å². The lowest BCUT2D eigenvalue weighted by atomic mass is 10.1. The maximum atomic E-state index is 9.20. The summed E-state index contributed by atoms with van der Waals surface area (Å²) in [5.41, 5.74) is 2.18. The molecule has 0 bridgehead atoms. The van der Waals surface area contributed by atoms with Gasteiger partial charge in [-0.1, -0.05) is 18.2 Å². The summed E-state index contributed by atoms with van der Waals surface area (Å²) in [5.74, 6) is 0.830. The highest BCUT2D eigenvalue weighted by Gasteiger charge is 2.01. The van der Waals surface area contributed by atoms with E-state index in [0.29, 0.717) is 17.9 Å². The van der Waals surface area contributed by atoms with Crippen LogP contribution in [0.15, 0.2) is 48.7 Å². The molecule has 1 aromatic heterocycles. The average molecular weight is 250 g/mol. The summed E-state index contributed by atoms with van der Waals surface area (Å²) in [5, 5.41) is 9.20. The van der Waals surface area contributed by atoms with Gasteiger partial charge in [-0.25, -0.2) is 0 Å². The van der Waals surface area contributed by atoms with E-state index < -0.39 is 0 Å². The molecule has 0 spiro atoms. The number of aromatic nitrogens is 1. The first-order valence-electron chi connectivity index (χ1n) is 6.09. The topological polar surface area (TPSA) is 45.9 Å². The van der Waals surface area contributed by atoms with Gasteiger partial charge in [-0.2, -0.15) is 5.26 Å². The first kappa shape index (κ1) is 12.8. The lowest BCUT2D eigenvalue weighted by molar-refractivity contribution is 0.340. The first-order valence-corrected chi connectivity index (χ1v) is 6.09. The Kier molecular flexibility index (Phi) is 4.30. The molecule has 1 aromatic carbocycles. The Balaban J connectivity index is 2.26. The zero-order valence-electron chi connectivity index (χ0n) is 10.7. The Hall–Kier alpha value is -2.60. The molecule has 0 saturated carbocycles. The highest BCUT2D eigenvalue weighted by Crippen LogP contribution is 2.18. The molecule has 0 N–H and O–H groups in total. The van der Waals surface area contributed by atoms with Crippen molar-refractivity contribution in [1.29, 1.82) is 5.26 Å². The van der Waals surface area contributed by atoms with Crippen molar-refractivity contribution in [3.05, 3.63) is 59.9 Å². The molecular weight excluding hydrogens is 236 g/mol. The number of nitriles is 1. The van der Waals surface area contributed by atoms with Crippen LogP contribution in [-0.2, 0) is 0 Å². The molecule has 0 saturated heterocycles. The maximum Gasteiger partial charge on any atom is 0.119 e. The van der Waals surface area contributed by atoms with Crippen LogP contribution in [0.2, 0.25) is 0 Å². The van der Waals surface area contributed by atoms with Gasteiger partial charge in [0.1, 0.15) is 11.8 Å². The van der Waals surface area contributed by atoms with E-state index in [0.717, 1.165) is 11.3 Å². The third-order valence-corrected chi connectivity index (χ3v) is 2.56. The molecule has 0 aliphatic carbocycles. The minimum atomic E-state index is 0.546. The number of hydrogen-bond acceptors (Lipinski definition) is 3. The third kappa shape index (κ3) is 3.43. The van der Waals surface area contributed by atoms with Gasteiger partial charge in [-0.3, -0.25) is 4.98 Å². The minimum absolute atomic E-state index is 0.546. The van der Waals surface area contributed by atoms with Gasteiger partial charge in [0, 0.05) is 6.20 Å². The van der Waals surface area contributed by atoms with Crippen molar-refractivity contribution < 1.29 is 4.74 Å². The SMILES string of the molecule is CCOc1ccc(/C=C(\C#N)c2ccccn2)cc1. The fourth-order valence-electron chi connectivity index (χ4n) is 1.68. The van der Waals surface area contributed by atoms with Gasteiger partial charge >= 0.3 is 0 Å². The smallest absolute Gasteiger partial charge is 0.119 e. The normalized spacial score (nSPS) is 10.8. The molecule has 0 unspecified atom stereocenters. The van der Waals surface area contributed by atoms with Crippen molar-refractivity contribution in [2.24, 2.45) is 0 Å². The van der Waals surface area contributed by atoms with E-state index in [4.69, 9.17) is 4.74 Å². The van der Waals surface area contributed by atoms with Gasteiger partial charge < -0.3 is 4.74 Å². The summed E-state index contributed by atoms with van der Waals surface area (Å²) >= 11 is 0. The van der Waals surface area contributed by atoms with Crippen LogP contribution in [0.5, 0.6) is 5.75 Å². The number of ether oxygens (including phenoxy) is 1. The van der Waals surface area contributed by atoms with Crippen LogP contribution in [0.3, 0.4) is 0 Å². The monoisotopic (exact) mass is 250 g/mol. The van der Waals surface area contributed by atoms with E-state index in [2.05, 4.69) is 11.1 Å². The average Bonchev–Trinajstić information content (AvgIpc) is 2.48. The van der Waals surface area contributed by atoms with Crippen molar-refractivity contribution in [1.82, 2.24) is 4.98 Å². The molecule has 2 aromatic rings. The second-order valence-corrected chi connectivity index (χ2v) is 3.89. The van der Waals surface area contributed by atoms with Crippen LogP contribution in [0.25, 0.3) is 11.6 Å². The zero-order chi connectivity index (χ0) is 13.5. The molecule has 94 valence electrons. The van der Waals surface area contributed by atoms with Crippen molar-refractivity contribution in [3.63, 3.8) is 0 Å². The molecule has 0 atom stereocenters. The number of allylic oxidation sites excluding steroid dienone is 1. The van der Waals surface area contributed by atoms with Gasteiger partial charge in [0.2, 0.25) is 0 Å². The molecule has 3 nitrogen and oxygen atoms in total. The lowest BCUT2D eigenvalue weighted by Crippen LogP contribution is -1.90. The fraction of sp³-hybridized carbons (Fsp3) is 0.125. The van der Waals surface area contributed by atoms with Gasteiger partial charge in [0.05, 0.1) is 17.9 Å². The van der Waals surface area contributed by atoms with E-state index in [9.17, 15) is 5.26 Å². The van der Waals surface area contributed by atoms with Crippen molar-refractivity contribution in [3.8, 4) is 11.8 Å². The number of nitrogens with zero attached hydrogens (tertiary/aromatic N) is 2. The van der Waals surface area contributed by atoms with E-state index >= 15 is 0 Å². The molecule has 0 amide bonds. The summed E-state index contributed by atoms with van der Waals surface area (Å²) in [7, 11) is 0. The van der Waals surface area contributed by atoms with Crippen molar-refractivity contribution in [2.45, 2.75) is 6.92 Å². The summed E-state index contributed by atoms with van der Waals surface area (Å²) in [6.45, 7) is 2.59.